The Morgan fingerprint density at radius 3 is 2.05 bits per heavy atom. The normalized spacial score (nSPS) is 12.5. The molecule has 0 amide bonds. The number of hydrogen-bond acceptors (Lipinski definition) is 3. The minimum absolute atomic E-state index is 0.0265. The summed E-state index contributed by atoms with van der Waals surface area (Å²) in [6.45, 7) is 13.1. The lowest BCUT2D eigenvalue weighted by molar-refractivity contribution is -0.144. The summed E-state index contributed by atoms with van der Waals surface area (Å²) in [5, 5.41) is 0. The SMILES string of the molecule is CC.CPOC(=O)C(C)(C)C(C)C(=O)c1ccc(C)cc1. The van der Waals surface area contributed by atoms with E-state index < -0.39 is 11.3 Å². The van der Waals surface area contributed by atoms with Gasteiger partial charge in [0.2, 0.25) is 0 Å². The maximum atomic E-state index is 12.4. The summed E-state index contributed by atoms with van der Waals surface area (Å²) in [6.07, 6.45) is 0. The third-order valence-electron chi connectivity index (χ3n) is 3.53. The molecule has 2 atom stereocenters. The highest BCUT2D eigenvalue weighted by Gasteiger charge is 2.39. The quantitative estimate of drug-likeness (QED) is 0.588. The smallest absolute Gasteiger partial charge is 0.314 e. The van der Waals surface area contributed by atoms with Gasteiger partial charge in [-0.2, -0.15) is 0 Å². The van der Waals surface area contributed by atoms with E-state index in [0.29, 0.717) is 5.56 Å². The molecule has 0 spiro atoms. The average Bonchev–Trinajstić information content (AvgIpc) is 2.48. The predicted octanol–water partition coefficient (Wildman–Crippen LogP) is 4.63. The molecule has 0 saturated carbocycles. The maximum absolute atomic E-state index is 12.4. The van der Waals surface area contributed by atoms with E-state index in [-0.39, 0.29) is 20.6 Å². The van der Waals surface area contributed by atoms with Crippen molar-refractivity contribution in [1.82, 2.24) is 0 Å². The Labute approximate surface area is 130 Å². The fourth-order valence-corrected chi connectivity index (χ4v) is 2.15. The van der Waals surface area contributed by atoms with Crippen LogP contribution in [0, 0.1) is 18.3 Å². The van der Waals surface area contributed by atoms with Crippen molar-refractivity contribution in [3.05, 3.63) is 35.4 Å². The summed E-state index contributed by atoms with van der Waals surface area (Å²) in [4.78, 5) is 24.3. The van der Waals surface area contributed by atoms with Crippen molar-refractivity contribution in [1.29, 1.82) is 0 Å². The molecular weight excluding hydrogens is 283 g/mol. The van der Waals surface area contributed by atoms with Crippen molar-refractivity contribution < 1.29 is 14.1 Å². The molecule has 4 heteroatoms. The van der Waals surface area contributed by atoms with Crippen LogP contribution in [0.5, 0.6) is 0 Å². The number of hydrogen-bond donors (Lipinski definition) is 0. The van der Waals surface area contributed by atoms with Gasteiger partial charge in [0.15, 0.2) is 5.78 Å². The lowest BCUT2D eigenvalue weighted by atomic mass is 9.76. The van der Waals surface area contributed by atoms with Crippen molar-refractivity contribution in [3.8, 4) is 0 Å². The molecule has 0 N–H and O–H groups in total. The van der Waals surface area contributed by atoms with Crippen molar-refractivity contribution in [2.24, 2.45) is 11.3 Å². The molecule has 1 aromatic rings. The predicted molar refractivity (Wildman–Crippen MR) is 90.1 cm³/mol. The van der Waals surface area contributed by atoms with Gasteiger partial charge in [-0.3, -0.25) is 9.59 Å². The Hall–Kier alpha value is -1.21. The van der Waals surface area contributed by atoms with Crippen LogP contribution in [0.1, 0.15) is 50.5 Å². The minimum Gasteiger partial charge on any atom is -0.448 e. The summed E-state index contributed by atoms with van der Waals surface area (Å²) in [7, 11) is 0.102. The van der Waals surface area contributed by atoms with E-state index in [1.54, 1.807) is 39.6 Å². The Balaban J connectivity index is 0.00000191. The molecule has 1 aromatic carbocycles. The molecular formula is C17H27O3P. The summed E-state index contributed by atoms with van der Waals surface area (Å²) in [6, 6.07) is 7.41. The zero-order valence-electron chi connectivity index (χ0n) is 14.1. The maximum Gasteiger partial charge on any atom is 0.314 e. The number of aryl methyl sites for hydroxylation is 1. The third-order valence-corrected chi connectivity index (χ3v) is 3.92. The summed E-state index contributed by atoms with van der Waals surface area (Å²) >= 11 is 0. The summed E-state index contributed by atoms with van der Waals surface area (Å²) in [5.74, 6) is -0.762. The van der Waals surface area contributed by atoms with Crippen LogP contribution >= 0.6 is 8.81 Å². The topological polar surface area (TPSA) is 43.4 Å². The molecule has 3 nitrogen and oxygen atoms in total. The van der Waals surface area contributed by atoms with Gasteiger partial charge in [-0.15, -0.1) is 0 Å². The monoisotopic (exact) mass is 310 g/mol. The second-order valence-corrected chi connectivity index (χ2v) is 5.88. The molecule has 0 aliphatic carbocycles. The Morgan fingerprint density at radius 1 is 1.14 bits per heavy atom. The highest BCUT2D eigenvalue weighted by molar-refractivity contribution is 7.31. The van der Waals surface area contributed by atoms with Gasteiger partial charge < -0.3 is 4.52 Å². The average molecular weight is 310 g/mol. The molecule has 0 aliphatic rings. The molecule has 1 rings (SSSR count). The number of carbonyl (C=O) groups is 2. The van der Waals surface area contributed by atoms with Gasteiger partial charge in [0.1, 0.15) is 0 Å². The van der Waals surface area contributed by atoms with Gasteiger partial charge in [0, 0.05) is 11.5 Å². The zero-order valence-corrected chi connectivity index (χ0v) is 15.1. The van der Waals surface area contributed by atoms with Crippen LogP contribution in [-0.2, 0) is 9.32 Å². The lowest BCUT2D eigenvalue weighted by Gasteiger charge is -2.28. The fraction of sp³-hybridized carbons (Fsp3) is 0.529. The van der Waals surface area contributed by atoms with Crippen LogP contribution in [0.25, 0.3) is 0 Å². The molecule has 118 valence electrons. The van der Waals surface area contributed by atoms with Crippen molar-refractivity contribution in [3.63, 3.8) is 0 Å². The van der Waals surface area contributed by atoms with Gasteiger partial charge in [-0.1, -0.05) is 50.6 Å². The van der Waals surface area contributed by atoms with E-state index in [0.717, 1.165) is 5.56 Å². The number of ketones is 1. The van der Waals surface area contributed by atoms with Crippen LogP contribution in [0.15, 0.2) is 24.3 Å². The van der Waals surface area contributed by atoms with E-state index in [1.807, 2.05) is 32.9 Å². The molecule has 2 unspecified atom stereocenters. The molecule has 0 fully saturated rings. The van der Waals surface area contributed by atoms with Gasteiger partial charge in [0.25, 0.3) is 0 Å². The summed E-state index contributed by atoms with van der Waals surface area (Å²) < 4.78 is 5.07. The second-order valence-electron chi connectivity index (χ2n) is 5.27. The van der Waals surface area contributed by atoms with Gasteiger partial charge in [0.05, 0.1) is 14.2 Å². The van der Waals surface area contributed by atoms with Crippen LogP contribution in [0.3, 0.4) is 0 Å². The first kappa shape index (κ1) is 19.8. The summed E-state index contributed by atoms with van der Waals surface area (Å²) in [5.41, 5.74) is 0.929. The van der Waals surface area contributed by atoms with Gasteiger partial charge in [-0.25, -0.2) is 0 Å². The lowest BCUT2D eigenvalue weighted by Crippen LogP contribution is -2.36. The zero-order chi connectivity index (χ0) is 16.6. The third kappa shape index (κ3) is 5.24. The molecule has 0 bridgehead atoms. The molecule has 0 radical (unpaired) electrons. The van der Waals surface area contributed by atoms with Gasteiger partial charge in [-0.05, 0) is 27.4 Å². The Morgan fingerprint density at radius 2 is 1.62 bits per heavy atom. The van der Waals surface area contributed by atoms with Gasteiger partial charge >= 0.3 is 5.97 Å². The first-order valence-corrected chi connectivity index (χ1v) is 8.70. The Bertz CT molecular complexity index is 463. The van der Waals surface area contributed by atoms with E-state index in [2.05, 4.69) is 0 Å². The van der Waals surface area contributed by atoms with Crippen molar-refractivity contribution in [2.75, 3.05) is 6.66 Å². The largest absolute Gasteiger partial charge is 0.448 e. The van der Waals surface area contributed by atoms with Crippen LogP contribution in [0.2, 0.25) is 0 Å². The van der Waals surface area contributed by atoms with E-state index in [1.165, 1.54) is 0 Å². The van der Waals surface area contributed by atoms with Crippen LogP contribution in [0.4, 0.5) is 0 Å². The fourth-order valence-electron chi connectivity index (χ4n) is 1.70. The number of Topliss-reactive ketones (excluding diaryl/α,β-unsaturated/α-hetero) is 1. The number of benzene rings is 1. The molecule has 21 heavy (non-hydrogen) atoms. The van der Waals surface area contributed by atoms with Crippen LogP contribution < -0.4 is 0 Å². The molecule has 0 aromatic heterocycles. The Kier molecular flexibility index (Phi) is 8.43. The number of carbonyl (C=O) groups excluding carboxylic acids is 2. The standard InChI is InChI=1S/C15H21O3P.C2H6/c1-10-6-8-12(9-7-10)13(16)11(2)15(3,4)14(17)18-19-5;1-2/h6-9,11,19H,1-5H3;1-2H3. The molecule has 0 saturated heterocycles. The van der Waals surface area contributed by atoms with Crippen molar-refractivity contribution >= 4 is 20.6 Å². The van der Waals surface area contributed by atoms with Crippen LogP contribution in [-0.4, -0.2) is 18.4 Å². The number of rotatable bonds is 5. The van der Waals surface area contributed by atoms with E-state index >= 15 is 0 Å². The van der Waals surface area contributed by atoms with E-state index in [9.17, 15) is 9.59 Å². The highest BCUT2D eigenvalue weighted by atomic mass is 31.1. The second kappa shape index (κ2) is 8.94. The first-order valence-electron chi connectivity index (χ1n) is 7.29. The highest BCUT2D eigenvalue weighted by Crippen LogP contribution is 2.32. The van der Waals surface area contributed by atoms with E-state index in [4.69, 9.17) is 4.52 Å². The molecule has 0 heterocycles. The first-order chi connectivity index (χ1) is 9.80. The van der Waals surface area contributed by atoms with Crippen molar-refractivity contribution in [2.45, 2.75) is 41.5 Å². The molecule has 0 aliphatic heterocycles. The minimum atomic E-state index is -0.815.